The topological polar surface area (TPSA) is 60.2 Å². The summed E-state index contributed by atoms with van der Waals surface area (Å²) in [5, 5.41) is 21.7. The molecule has 4 nitrogen and oxygen atoms in total. The van der Waals surface area contributed by atoms with Crippen LogP contribution in [0.5, 0.6) is 0 Å². The number of amidine groups is 1. The Balaban J connectivity index is 1.60. The van der Waals surface area contributed by atoms with Crippen LogP contribution in [-0.4, -0.2) is 33.4 Å². The van der Waals surface area contributed by atoms with Crippen molar-refractivity contribution in [3.8, 4) is 11.3 Å². The molecule has 1 saturated carbocycles. The molecule has 2 heterocycles. The summed E-state index contributed by atoms with van der Waals surface area (Å²) in [7, 11) is 0. The van der Waals surface area contributed by atoms with E-state index in [2.05, 4.69) is 36.2 Å². The van der Waals surface area contributed by atoms with E-state index in [-0.39, 0.29) is 5.76 Å². The minimum atomic E-state index is 0.289. The normalized spacial score (nSPS) is 18.9. The Morgan fingerprint density at radius 3 is 2.62 bits per heavy atom. The van der Waals surface area contributed by atoms with Crippen LogP contribution in [0.15, 0.2) is 35.4 Å². The van der Waals surface area contributed by atoms with Gasteiger partial charge in [-0.25, -0.2) is 4.98 Å². The van der Waals surface area contributed by atoms with Crippen LogP contribution in [0.3, 0.4) is 0 Å². The lowest BCUT2D eigenvalue weighted by atomic mass is 10.1. The van der Waals surface area contributed by atoms with Crippen molar-refractivity contribution in [3.05, 3.63) is 46.0 Å². The number of aliphatic hydroxyl groups excluding tert-OH is 1. The average Bonchev–Trinajstić information content (AvgIpc) is 3.29. The van der Waals surface area contributed by atoms with Crippen molar-refractivity contribution in [2.45, 2.75) is 38.6 Å². The van der Waals surface area contributed by atoms with Gasteiger partial charge in [0.2, 0.25) is 0 Å². The van der Waals surface area contributed by atoms with Crippen molar-refractivity contribution in [2.75, 3.05) is 6.54 Å². The monoisotopic (exact) mass is 339 g/mol. The van der Waals surface area contributed by atoms with Crippen LogP contribution < -0.4 is 0 Å². The molecule has 2 N–H and O–H groups in total. The summed E-state index contributed by atoms with van der Waals surface area (Å²) in [6, 6.07) is 8.67. The molecule has 2 aliphatic rings. The minimum Gasteiger partial charge on any atom is -0.510 e. The molecular weight excluding hydrogens is 318 g/mol. The van der Waals surface area contributed by atoms with Gasteiger partial charge in [-0.3, -0.25) is 5.41 Å². The summed E-state index contributed by atoms with van der Waals surface area (Å²) >= 11 is 1.50. The van der Waals surface area contributed by atoms with Gasteiger partial charge in [0.25, 0.3) is 0 Å². The van der Waals surface area contributed by atoms with Gasteiger partial charge in [-0.15, -0.1) is 11.3 Å². The molecule has 124 valence electrons. The lowest BCUT2D eigenvalue weighted by Gasteiger charge is -2.25. The summed E-state index contributed by atoms with van der Waals surface area (Å²) in [5.74, 6) is 0.723. The third-order valence-electron chi connectivity index (χ3n) is 4.96. The van der Waals surface area contributed by atoms with Crippen molar-refractivity contribution in [3.63, 3.8) is 0 Å². The zero-order valence-electron chi connectivity index (χ0n) is 13.7. The van der Waals surface area contributed by atoms with Gasteiger partial charge in [0.1, 0.15) is 16.6 Å². The fourth-order valence-corrected chi connectivity index (χ4v) is 4.49. The first-order chi connectivity index (χ1) is 11.6. The quantitative estimate of drug-likeness (QED) is 0.857. The van der Waals surface area contributed by atoms with Gasteiger partial charge in [-0.2, -0.15) is 0 Å². The molecule has 0 radical (unpaired) electrons. The van der Waals surface area contributed by atoms with E-state index in [9.17, 15) is 5.11 Å². The maximum absolute atomic E-state index is 10.4. The molecule has 24 heavy (non-hydrogen) atoms. The summed E-state index contributed by atoms with van der Waals surface area (Å²) in [4.78, 5) is 6.73. The van der Waals surface area contributed by atoms with Crippen LogP contribution in [-0.2, 0) is 0 Å². The van der Waals surface area contributed by atoms with Crippen LogP contribution in [0.1, 0.15) is 36.3 Å². The molecule has 0 unspecified atom stereocenters. The van der Waals surface area contributed by atoms with E-state index in [0.29, 0.717) is 24.0 Å². The summed E-state index contributed by atoms with van der Waals surface area (Å²) in [5.41, 5.74) is 3.81. The largest absolute Gasteiger partial charge is 0.510 e. The highest BCUT2D eigenvalue weighted by Gasteiger charge is 2.35. The van der Waals surface area contributed by atoms with E-state index in [4.69, 9.17) is 5.41 Å². The van der Waals surface area contributed by atoms with Crippen LogP contribution in [0, 0.1) is 12.3 Å². The van der Waals surface area contributed by atoms with Crippen molar-refractivity contribution in [1.82, 2.24) is 9.88 Å². The fourth-order valence-electron chi connectivity index (χ4n) is 3.60. The molecule has 0 amide bonds. The first kappa shape index (κ1) is 15.4. The molecule has 1 aliphatic heterocycles. The third-order valence-corrected chi connectivity index (χ3v) is 5.82. The Hall–Kier alpha value is -2.14. The molecule has 1 aliphatic carbocycles. The van der Waals surface area contributed by atoms with E-state index >= 15 is 0 Å². The average molecular weight is 339 g/mol. The third kappa shape index (κ3) is 2.63. The van der Waals surface area contributed by atoms with Crippen molar-refractivity contribution >= 4 is 22.7 Å². The number of nitrogens with zero attached hydrogens (tertiary/aromatic N) is 2. The number of benzene rings is 1. The lowest BCUT2D eigenvalue weighted by molar-refractivity contribution is 0.296. The molecule has 2 aromatic rings. The molecule has 0 atom stereocenters. The standard InChI is InChI=1S/C19H21N3OS/c1-12-6-8-13(9-7-12)15-11-24-19(21-15)17-16(23)10-22(18(17)20)14-4-2-3-5-14/h6-9,11,14,20,23H,2-5,10H2,1H3. The fraction of sp³-hybridized carbons (Fsp3) is 0.368. The molecular formula is C19H21N3OS. The van der Waals surface area contributed by atoms with Crippen LogP contribution >= 0.6 is 11.3 Å². The van der Waals surface area contributed by atoms with Gasteiger partial charge in [-0.1, -0.05) is 42.7 Å². The van der Waals surface area contributed by atoms with Gasteiger partial charge >= 0.3 is 0 Å². The Kier molecular flexibility index (Phi) is 3.88. The highest BCUT2D eigenvalue weighted by molar-refractivity contribution is 7.11. The first-order valence-electron chi connectivity index (χ1n) is 8.44. The van der Waals surface area contributed by atoms with Crippen molar-refractivity contribution < 1.29 is 5.11 Å². The Morgan fingerprint density at radius 1 is 1.21 bits per heavy atom. The van der Waals surface area contributed by atoms with Gasteiger partial charge in [0, 0.05) is 17.0 Å². The van der Waals surface area contributed by atoms with Gasteiger partial charge in [-0.05, 0) is 19.8 Å². The molecule has 4 rings (SSSR count). The van der Waals surface area contributed by atoms with Crippen LogP contribution in [0.4, 0.5) is 0 Å². The number of hydrogen-bond acceptors (Lipinski definition) is 4. The van der Waals surface area contributed by atoms with Gasteiger partial charge < -0.3 is 10.0 Å². The Labute approximate surface area is 146 Å². The van der Waals surface area contributed by atoms with E-state index in [1.165, 1.54) is 29.7 Å². The number of aliphatic hydroxyl groups is 1. The SMILES string of the molecule is Cc1ccc(-c2csc(C3=C(O)CN(C4CCCC4)C3=N)n2)cc1. The molecule has 1 aromatic carbocycles. The summed E-state index contributed by atoms with van der Waals surface area (Å²) in [6.45, 7) is 2.52. The second kappa shape index (κ2) is 6.06. The van der Waals surface area contributed by atoms with Crippen molar-refractivity contribution in [1.29, 1.82) is 5.41 Å². The van der Waals surface area contributed by atoms with Crippen LogP contribution in [0.2, 0.25) is 0 Å². The van der Waals surface area contributed by atoms with Gasteiger partial charge in [0.05, 0.1) is 17.8 Å². The van der Waals surface area contributed by atoms with Crippen molar-refractivity contribution in [2.24, 2.45) is 0 Å². The summed E-state index contributed by atoms with van der Waals surface area (Å²) < 4.78 is 0. The Morgan fingerprint density at radius 2 is 1.92 bits per heavy atom. The first-order valence-corrected chi connectivity index (χ1v) is 9.32. The number of hydrogen-bond donors (Lipinski definition) is 2. The van der Waals surface area contributed by atoms with E-state index in [1.54, 1.807) is 0 Å². The predicted molar refractivity (Wildman–Crippen MR) is 98.5 cm³/mol. The number of rotatable bonds is 3. The smallest absolute Gasteiger partial charge is 0.135 e. The Bertz CT molecular complexity index is 800. The molecule has 1 fully saturated rings. The molecule has 0 saturated heterocycles. The second-order valence-corrected chi connectivity index (χ2v) is 7.50. The maximum atomic E-state index is 10.4. The number of thiazole rings is 1. The second-order valence-electron chi connectivity index (χ2n) is 6.64. The molecule has 0 bridgehead atoms. The number of aromatic nitrogens is 1. The van der Waals surface area contributed by atoms with E-state index in [1.807, 2.05) is 10.3 Å². The van der Waals surface area contributed by atoms with E-state index < -0.39 is 0 Å². The highest BCUT2D eigenvalue weighted by atomic mass is 32.1. The maximum Gasteiger partial charge on any atom is 0.135 e. The van der Waals surface area contributed by atoms with E-state index in [0.717, 1.165) is 29.1 Å². The zero-order chi connectivity index (χ0) is 16.7. The van der Waals surface area contributed by atoms with Gasteiger partial charge in [0.15, 0.2) is 0 Å². The predicted octanol–water partition coefficient (Wildman–Crippen LogP) is 4.62. The molecule has 0 spiro atoms. The summed E-state index contributed by atoms with van der Waals surface area (Å²) in [6.07, 6.45) is 4.68. The number of aryl methyl sites for hydroxylation is 1. The molecule has 1 aromatic heterocycles. The van der Waals surface area contributed by atoms with Crippen LogP contribution in [0.25, 0.3) is 16.8 Å². The zero-order valence-corrected chi connectivity index (χ0v) is 14.6. The minimum absolute atomic E-state index is 0.289. The lowest BCUT2D eigenvalue weighted by Crippen LogP contribution is -2.35. The molecule has 5 heteroatoms. The number of nitrogens with one attached hydrogen (secondary N) is 1. The highest BCUT2D eigenvalue weighted by Crippen LogP contribution is 2.35.